The van der Waals surface area contributed by atoms with Crippen LogP contribution in [0.1, 0.15) is 32.6 Å². The Morgan fingerprint density at radius 3 is 2.71 bits per heavy atom. The predicted molar refractivity (Wildman–Crippen MR) is 83.3 cm³/mol. The topological polar surface area (TPSA) is 47.7 Å². The highest BCUT2D eigenvalue weighted by atomic mass is 16.6. The van der Waals surface area contributed by atoms with E-state index in [1.807, 2.05) is 36.4 Å². The van der Waals surface area contributed by atoms with Crippen molar-refractivity contribution in [1.82, 2.24) is 0 Å². The van der Waals surface area contributed by atoms with Crippen molar-refractivity contribution in [2.45, 2.75) is 38.3 Å². The van der Waals surface area contributed by atoms with Crippen LogP contribution in [-0.4, -0.2) is 17.2 Å². The minimum Gasteiger partial charge on any atom is -0.597 e. The number of nitrogens with zero attached hydrogens (tertiary/aromatic N) is 2. The molecule has 1 aliphatic rings. The quantitative estimate of drug-likeness (QED) is 0.240. The average Bonchev–Trinajstić information content (AvgIpc) is 2.53. The molecule has 1 aliphatic carbocycles. The molecule has 4 heteroatoms. The van der Waals surface area contributed by atoms with Gasteiger partial charge in [-0.25, -0.2) is 0 Å². The van der Waals surface area contributed by atoms with E-state index in [-0.39, 0.29) is 0 Å². The second kappa shape index (κ2) is 7.74. The molecule has 2 rings (SSSR count). The van der Waals surface area contributed by atoms with Crippen LogP contribution in [-0.2, 0) is 4.74 Å². The molecule has 1 unspecified atom stereocenters. The number of rotatable bonds is 7. The number of unbranched alkanes of at least 4 members (excludes halogenated alkanes) is 2. The van der Waals surface area contributed by atoms with Gasteiger partial charge in [-0.15, -0.1) is 0 Å². The highest BCUT2D eigenvalue weighted by Crippen LogP contribution is 2.26. The third-order valence-corrected chi connectivity index (χ3v) is 3.40. The fourth-order valence-electron chi connectivity index (χ4n) is 2.18. The predicted octanol–water partition coefficient (Wildman–Crippen LogP) is 4.70. The van der Waals surface area contributed by atoms with Crippen LogP contribution in [0.2, 0.25) is 0 Å². The number of benzene rings is 1. The summed E-state index contributed by atoms with van der Waals surface area (Å²) >= 11 is 0. The van der Waals surface area contributed by atoms with Crippen LogP contribution in [0.25, 0.3) is 0 Å². The monoisotopic (exact) mass is 286 g/mol. The van der Waals surface area contributed by atoms with Crippen molar-refractivity contribution < 1.29 is 9.60 Å². The van der Waals surface area contributed by atoms with Crippen LogP contribution in [0.3, 0.4) is 0 Å². The van der Waals surface area contributed by atoms with Crippen LogP contribution in [0.5, 0.6) is 0 Å². The van der Waals surface area contributed by atoms with Crippen LogP contribution in [0.15, 0.2) is 59.8 Å². The molecular weight excluding hydrogens is 264 g/mol. The molecule has 1 aromatic rings. The lowest BCUT2D eigenvalue weighted by atomic mass is 10.1. The van der Waals surface area contributed by atoms with Crippen molar-refractivity contribution in [3.63, 3.8) is 0 Å². The summed E-state index contributed by atoms with van der Waals surface area (Å²) in [4.78, 5) is 0.689. The van der Waals surface area contributed by atoms with E-state index < -0.39 is 5.72 Å². The summed E-state index contributed by atoms with van der Waals surface area (Å²) in [5.74, 6) is 0. The molecule has 0 aromatic heterocycles. The summed E-state index contributed by atoms with van der Waals surface area (Å²) in [7, 11) is 0. The van der Waals surface area contributed by atoms with Crippen LogP contribution in [0.4, 0.5) is 5.69 Å². The molecule has 0 aliphatic heterocycles. The summed E-state index contributed by atoms with van der Waals surface area (Å²) in [6, 6.07) is 9.22. The van der Waals surface area contributed by atoms with Gasteiger partial charge in [0.25, 0.3) is 0 Å². The van der Waals surface area contributed by atoms with Gasteiger partial charge >= 0.3 is 5.72 Å². The first-order chi connectivity index (χ1) is 10.3. The molecule has 0 saturated carbocycles. The Labute approximate surface area is 126 Å². The molecule has 112 valence electrons. The van der Waals surface area contributed by atoms with E-state index in [9.17, 15) is 5.21 Å². The summed E-state index contributed by atoms with van der Waals surface area (Å²) in [6.45, 7) is 2.71. The zero-order valence-corrected chi connectivity index (χ0v) is 12.4. The van der Waals surface area contributed by atoms with E-state index >= 15 is 0 Å². The van der Waals surface area contributed by atoms with Gasteiger partial charge in [-0.05, 0) is 18.6 Å². The van der Waals surface area contributed by atoms with Crippen molar-refractivity contribution >= 4 is 5.69 Å². The molecule has 0 heterocycles. The number of allylic oxidation sites excluding steroid dienone is 2. The molecule has 0 radical (unpaired) electrons. The molecule has 0 N–H and O–H groups in total. The molecule has 1 aromatic carbocycles. The second-order valence-electron chi connectivity index (χ2n) is 5.10. The van der Waals surface area contributed by atoms with Gasteiger partial charge in [0.15, 0.2) is 0 Å². The van der Waals surface area contributed by atoms with Crippen molar-refractivity contribution in [1.29, 1.82) is 0 Å². The average molecular weight is 286 g/mol. The highest BCUT2D eigenvalue weighted by Gasteiger charge is 2.39. The van der Waals surface area contributed by atoms with E-state index in [1.54, 1.807) is 18.2 Å². The van der Waals surface area contributed by atoms with E-state index in [0.29, 0.717) is 23.6 Å². The Kier molecular flexibility index (Phi) is 5.69. The van der Waals surface area contributed by atoms with E-state index in [1.165, 1.54) is 0 Å². The zero-order valence-electron chi connectivity index (χ0n) is 12.4. The Bertz CT molecular complexity index is 523. The van der Waals surface area contributed by atoms with Crippen molar-refractivity contribution in [2.75, 3.05) is 6.61 Å². The van der Waals surface area contributed by atoms with E-state index in [4.69, 9.17) is 4.74 Å². The van der Waals surface area contributed by atoms with E-state index in [2.05, 4.69) is 12.0 Å². The molecule has 0 fully saturated rings. The van der Waals surface area contributed by atoms with Crippen LogP contribution >= 0.6 is 0 Å². The second-order valence-corrected chi connectivity index (χ2v) is 5.10. The molecule has 21 heavy (non-hydrogen) atoms. The summed E-state index contributed by atoms with van der Waals surface area (Å²) in [6.07, 6.45) is 11.2. The molecule has 4 nitrogen and oxygen atoms in total. The lowest BCUT2D eigenvalue weighted by Crippen LogP contribution is -2.40. The Morgan fingerprint density at radius 1 is 1.24 bits per heavy atom. The third-order valence-electron chi connectivity index (χ3n) is 3.40. The maximum absolute atomic E-state index is 12.5. The zero-order chi connectivity index (χ0) is 15.0. The number of hydrogen-bond donors (Lipinski definition) is 0. The van der Waals surface area contributed by atoms with Gasteiger partial charge in [0.05, 0.1) is 13.0 Å². The van der Waals surface area contributed by atoms with Gasteiger partial charge in [-0.1, -0.05) is 61.1 Å². The maximum atomic E-state index is 12.5. The number of hydroxylamine groups is 1. The SMILES string of the molecule is CCCCCOC1([N+]([O-])=Nc2ccccc2)C=CC=CC1. The Morgan fingerprint density at radius 2 is 2.05 bits per heavy atom. The fraction of sp³-hybridized carbons (Fsp3) is 0.412. The molecule has 0 spiro atoms. The van der Waals surface area contributed by atoms with Gasteiger partial charge in [0.2, 0.25) is 0 Å². The molecule has 0 bridgehead atoms. The maximum Gasteiger partial charge on any atom is 0.326 e. The van der Waals surface area contributed by atoms with E-state index in [0.717, 1.165) is 19.3 Å². The Hall–Kier alpha value is -1.94. The first kappa shape index (κ1) is 15.4. The first-order valence-electron chi connectivity index (χ1n) is 7.49. The third kappa shape index (κ3) is 4.26. The number of azo groups is 1. The molecule has 1 atom stereocenters. The van der Waals surface area contributed by atoms with Gasteiger partial charge in [0.1, 0.15) is 5.69 Å². The smallest absolute Gasteiger partial charge is 0.326 e. The number of ether oxygens (including phenoxy) is 1. The standard InChI is InChI=1S/C17H22N2O2/c1-2-3-10-15-21-17(13-8-5-9-14-17)19(20)18-16-11-6-4-7-12-16/h4-9,11-13H,2-3,10,14-15H2,1H3. The summed E-state index contributed by atoms with van der Waals surface area (Å²) in [5.41, 5.74) is -0.384. The molecule has 0 amide bonds. The molecule has 0 saturated heterocycles. The minimum absolute atomic E-state index is 0.509. The summed E-state index contributed by atoms with van der Waals surface area (Å²) < 4.78 is 5.89. The van der Waals surface area contributed by atoms with Crippen LogP contribution in [0, 0.1) is 5.21 Å². The van der Waals surface area contributed by atoms with Gasteiger partial charge < -0.3 is 9.94 Å². The largest absolute Gasteiger partial charge is 0.597 e. The van der Waals surface area contributed by atoms with Gasteiger partial charge in [-0.2, -0.15) is 0 Å². The Balaban J connectivity index is 2.13. The summed E-state index contributed by atoms with van der Waals surface area (Å²) in [5, 5.41) is 16.6. The molecular formula is C17H22N2O2. The first-order valence-corrected chi connectivity index (χ1v) is 7.49. The lowest BCUT2D eigenvalue weighted by Gasteiger charge is -2.26. The van der Waals surface area contributed by atoms with Crippen molar-refractivity contribution in [3.8, 4) is 0 Å². The fourth-order valence-corrected chi connectivity index (χ4v) is 2.18. The van der Waals surface area contributed by atoms with Gasteiger partial charge in [0, 0.05) is 11.2 Å². The van der Waals surface area contributed by atoms with Gasteiger partial charge in [-0.3, -0.25) is 0 Å². The lowest BCUT2D eigenvalue weighted by molar-refractivity contribution is -0.646. The minimum atomic E-state index is -1.02. The number of hydrogen-bond acceptors (Lipinski definition) is 3. The van der Waals surface area contributed by atoms with Crippen LogP contribution < -0.4 is 0 Å². The highest BCUT2D eigenvalue weighted by molar-refractivity contribution is 5.34. The van der Waals surface area contributed by atoms with Crippen molar-refractivity contribution in [2.24, 2.45) is 5.11 Å². The van der Waals surface area contributed by atoms with Crippen molar-refractivity contribution in [3.05, 3.63) is 59.8 Å². The normalized spacial score (nSPS) is 21.7.